The summed E-state index contributed by atoms with van der Waals surface area (Å²) in [7, 11) is -6.33. The molecular weight excluding hydrogens is 316 g/mol. The lowest BCUT2D eigenvalue weighted by Gasteiger charge is -2.18. The number of primary sulfonamides is 1. The minimum Gasteiger partial charge on any atom is -0.377 e. The lowest BCUT2D eigenvalue weighted by molar-refractivity contribution is 0.0737. The molecule has 0 bridgehead atoms. The summed E-state index contributed by atoms with van der Waals surface area (Å²) >= 11 is 0. The average Bonchev–Trinajstić information content (AvgIpc) is 2.37. The molecule has 1 rings (SSSR count). The van der Waals surface area contributed by atoms with Crippen LogP contribution in [0.3, 0.4) is 0 Å². The summed E-state index contributed by atoms with van der Waals surface area (Å²) < 4.78 is 53.6. The third kappa shape index (κ3) is 5.04. The molecule has 0 spiro atoms. The highest BCUT2D eigenvalue weighted by molar-refractivity contribution is 7.90. The first-order chi connectivity index (χ1) is 9.55. The van der Waals surface area contributed by atoms with Crippen molar-refractivity contribution in [2.75, 3.05) is 20.2 Å². The van der Waals surface area contributed by atoms with Gasteiger partial charge in [-0.15, -0.1) is 0 Å². The van der Waals surface area contributed by atoms with Gasteiger partial charge in [0.05, 0.1) is 22.5 Å². The maximum absolute atomic E-state index is 12.3. The van der Waals surface area contributed by atoms with Gasteiger partial charge in [-0.1, -0.05) is 6.07 Å². The van der Waals surface area contributed by atoms with Gasteiger partial charge in [0.1, 0.15) is 0 Å². The predicted octanol–water partition coefficient (Wildman–Crippen LogP) is 0.380. The van der Waals surface area contributed by atoms with E-state index in [9.17, 15) is 16.8 Å². The molecule has 1 aromatic carbocycles. The van der Waals surface area contributed by atoms with Crippen molar-refractivity contribution >= 4 is 20.0 Å². The summed E-state index contributed by atoms with van der Waals surface area (Å²) in [5, 5.41) is 5.00. The fraction of sp³-hybridized carbons (Fsp3) is 0.500. The molecule has 9 heteroatoms. The summed E-state index contributed by atoms with van der Waals surface area (Å²) in [5.74, 6) is 0. The van der Waals surface area contributed by atoms with E-state index >= 15 is 0 Å². The minimum absolute atomic E-state index is 0.00631. The van der Waals surface area contributed by atoms with Crippen LogP contribution in [0, 0.1) is 0 Å². The Morgan fingerprint density at radius 3 is 2.29 bits per heavy atom. The van der Waals surface area contributed by atoms with Crippen molar-refractivity contribution < 1.29 is 21.6 Å². The van der Waals surface area contributed by atoms with E-state index in [0.29, 0.717) is 0 Å². The number of rotatable bonds is 7. The van der Waals surface area contributed by atoms with Gasteiger partial charge in [0, 0.05) is 13.6 Å². The van der Waals surface area contributed by atoms with Crippen molar-refractivity contribution in [1.29, 1.82) is 0 Å². The maximum atomic E-state index is 12.3. The largest absolute Gasteiger partial charge is 0.377 e. The van der Waals surface area contributed by atoms with Crippen molar-refractivity contribution in [2.45, 2.75) is 29.7 Å². The molecule has 0 aromatic heterocycles. The Hall–Kier alpha value is -1.00. The van der Waals surface area contributed by atoms with Crippen molar-refractivity contribution in [1.82, 2.24) is 4.31 Å². The average molecular weight is 336 g/mol. The highest BCUT2D eigenvalue weighted by Crippen LogP contribution is 2.17. The number of nitrogens with zero attached hydrogens (tertiary/aromatic N) is 1. The predicted molar refractivity (Wildman–Crippen MR) is 78.7 cm³/mol. The van der Waals surface area contributed by atoms with Gasteiger partial charge in [-0.3, -0.25) is 0 Å². The van der Waals surface area contributed by atoms with Crippen LogP contribution < -0.4 is 5.14 Å². The SMILES string of the molecule is CC(C)OCCN(C)S(=O)(=O)c1cccc(S(N)(=O)=O)c1. The quantitative estimate of drug-likeness (QED) is 0.774. The Balaban J connectivity index is 2.97. The van der Waals surface area contributed by atoms with E-state index in [1.54, 1.807) is 0 Å². The van der Waals surface area contributed by atoms with Crippen LogP contribution in [0.15, 0.2) is 34.1 Å². The van der Waals surface area contributed by atoms with Gasteiger partial charge in [-0.25, -0.2) is 22.0 Å². The van der Waals surface area contributed by atoms with E-state index in [1.807, 2.05) is 13.8 Å². The van der Waals surface area contributed by atoms with Crippen LogP contribution in [0.2, 0.25) is 0 Å². The zero-order valence-corrected chi connectivity index (χ0v) is 13.8. The number of ether oxygens (including phenoxy) is 1. The monoisotopic (exact) mass is 336 g/mol. The van der Waals surface area contributed by atoms with E-state index in [-0.39, 0.29) is 29.0 Å². The lowest BCUT2D eigenvalue weighted by Crippen LogP contribution is -2.31. The van der Waals surface area contributed by atoms with Crippen LogP contribution in [0.1, 0.15) is 13.8 Å². The standard InChI is InChI=1S/C12H20N2O5S2/c1-10(2)19-8-7-14(3)21(17,18)12-6-4-5-11(9-12)20(13,15)16/h4-6,9-10H,7-8H2,1-3H3,(H2,13,15,16). The Labute approximate surface area is 125 Å². The van der Waals surface area contributed by atoms with Crippen molar-refractivity contribution in [3.8, 4) is 0 Å². The molecule has 0 atom stereocenters. The molecule has 0 unspecified atom stereocenters. The smallest absolute Gasteiger partial charge is 0.242 e. The molecule has 0 saturated carbocycles. The van der Waals surface area contributed by atoms with Crippen molar-refractivity contribution in [2.24, 2.45) is 5.14 Å². The molecule has 0 radical (unpaired) electrons. The van der Waals surface area contributed by atoms with E-state index < -0.39 is 20.0 Å². The molecule has 0 saturated heterocycles. The van der Waals surface area contributed by atoms with Crippen LogP contribution in [0.25, 0.3) is 0 Å². The first kappa shape index (κ1) is 18.1. The second kappa shape index (κ2) is 6.84. The van der Waals surface area contributed by atoms with Gasteiger partial charge >= 0.3 is 0 Å². The van der Waals surface area contributed by atoms with Gasteiger partial charge in [0.2, 0.25) is 20.0 Å². The van der Waals surface area contributed by atoms with Crippen LogP contribution in [-0.4, -0.2) is 47.4 Å². The fourth-order valence-electron chi connectivity index (χ4n) is 1.53. The molecule has 0 aliphatic carbocycles. The Morgan fingerprint density at radius 2 is 1.76 bits per heavy atom. The number of likely N-dealkylation sites (N-methyl/N-ethyl adjacent to an activating group) is 1. The van der Waals surface area contributed by atoms with Crippen LogP contribution in [0.5, 0.6) is 0 Å². The fourth-order valence-corrected chi connectivity index (χ4v) is 3.36. The van der Waals surface area contributed by atoms with E-state index in [2.05, 4.69) is 0 Å². The summed E-state index contributed by atoms with van der Waals surface area (Å²) in [6, 6.07) is 4.95. The first-order valence-electron chi connectivity index (χ1n) is 6.26. The summed E-state index contributed by atoms with van der Waals surface area (Å²) in [4.78, 5) is -0.364. The zero-order valence-electron chi connectivity index (χ0n) is 12.2. The van der Waals surface area contributed by atoms with Gasteiger partial charge < -0.3 is 4.74 Å². The summed E-state index contributed by atoms with van der Waals surface area (Å²) in [6.45, 7) is 4.12. The third-order valence-electron chi connectivity index (χ3n) is 2.70. The molecule has 1 aromatic rings. The molecule has 0 fully saturated rings. The molecule has 7 nitrogen and oxygen atoms in total. The normalized spacial score (nSPS) is 13.0. The Morgan fingerprint density at radius 1 is 1.19 bits per heavy atom. The van der Waals surface area contributed by atoms with Crippen molar-refractivity contribution in [3.05, 3.63) is 24.3 Å². The van der Waals surface area contributed by atoms with Gasteiger partial charge in [-0.2, -0.15) is 4.31 Å². The van der Waals surface area contributed by atoms with Gasteiger partial charge in [0.15, 0.2) is 0 Å². The molecule has 120 valence electrons. The zero-order chi connectivity index (χ0) is 16.3. The van der Waals surface area contributed by atoms with Crippen LogP contribution >= 0.6 is 0 Å². The number of sulfonamides is 2. The molecule has 0 amide bonds. The highest BCUT2D eigenvalue weighted by Gasteiger charge is 2.22. The van der Waals surface area contributed by atoms with Crippen molar-refractivity contribution in [3.63, 3.8) is 0 Å². The van der Waals surface area contributed by atoms with Gasteiger partial charge in [0.25, 0.3) is 0 Å². The number of nitrogens with two attached hydrogens (primary N) is 1. The van der Waals surface area contributed by atoms with Gasteiger partial charge in [-0.05, 0) is 32.0 Å². The molecule has 0 aliphatic heterocycles. The molecular formula is C12H20N2O5S2. The van der Waals surface area contributed by atoms with E-state index in [0.717, 1.165) is 10.4 Å². The Kier molecular flexibility index (Phi) is 5.88. The molecule has 0 heterocycles. The Bertz CT molecular complexity index is 683. The highest BCUT2D eigenvalue weighted by atomic mass is 32.2. The van der Waals surface area contributed by atoms with E-state index in [1.165, 1.54) is 25.2 Å². The lowest BCUT2D eigenvalue weighted by atomic mass is 10.4. The second-order valence-electron chi connectivity index (χ2n) is 4.77. The number of benzene rings is 1. The number of hydrogen-bond donors (Lipinski definition) is 1. The topological polar surface area (TPSA) is 107 Å². The maximum Gasteiger partial charge on any atom is 0.242 e. The van der Waals surface area contributed by atoms with Crippen LogP contribution in [0.4, 0.5) is 0 Å². The first-order valence-corrected chi connectivity index (χ1v) is 9.24. The third-order valence-corrected chi connectivity index (χ3v) is 5.46. The van der Waals surface area contributed by atoms with E-state index in [4.69, 9.17) is 9.88 Å². The molecule has 21 heavy (non-hydrogen) atoms. The molecule has 2 N–H and O–H groups in total. The summed E-state index contributed by atoms with van der Waals surface area (Å²) in [6.07, 6.45) is 0.00631. The van der Waals surface area contributed by atoms with Crippen LogP contribution in [-0.2, 0) is 24.8 Å². The minimum atomic E-state index is -3.95. The second-order valence-corrected chi connectivity index (χ2v) is 8.37. The molecule has 0 aliphatic rings. The summed E-state index contributed by atoms with van der Waals surface area (Å²) in [5.41, 5.74) is 0. The number of hydrogen-bond acceptors (Lipinski definition) is 5.